The third kappa shape index (κ3) is 5.32. The summed E-state index contributed by atoms with van der Waals surface area (Å²) in [5, 5.41) is 0. The van der Waals surface area contributed by atoms with Crippen LogP contribution in [-0.2, 0) is 24.1 Å². The molecule has 0 heterocycles. The van der Waals surface area contributed by atoms with Crippen LogP contribution in [0.25, 0.3) is 0 Å². The van der Waals surface area contributed by atoms with Crippen molar-refractivity contribution in [2.24, 2.45) is 0 Å². The maximum absolute atomic E-state index is 5.85. The fourth-order valence-corrected chi connectivity index (χ4v) is 4.17. The number of aryl methyl sites for hydroxylation is 4. The molecular weight excluding hydrogens is 350 g/mol. The first kappa shape index (κ1) is 21.7. The molecule has 0 spiro atoms. The molecule has 0 fully saturated rings. The summed E-state index contributed by atoms with van der Waals surface area (Å²) in [5.41, 5.74) is 4.31. The van der Waals surface area contributed by atoms with Gasteiger partial charge in [-0.3, -0.25) is 0 Å². The fourth-order valence-electron chi connectivity index (χ4n) is 2.37. The van der Waals surface area contributed by atoms with Crippen molar-refractivity contribution < 1.29 is 27.9 Å². The number of benzene rings is 2. The zero-order chi connectivity index (χ0) is 17.4. The molecule has 0 aliphatic rings. The maximum Gasteiger partial charge on any atom is 1.00 e. The molecule has 0 amide bonds. The van der Waals surface area contributed by atoms with Gasteiger partial charge in [-0.25, -0.2) is 0 Å². The topological polar surface area (TPSA) is 18.5 Å². The van der Waals surface area contributed by atoms with Gasteiger partial charge in [0.25, 0.3) is 0 Å². The van der Waals surface area contributed by atoms with Crippen molar-refractivity contribution in [2.75, 3.05) is 0 Å². The second-order valence-corrected chi connectivity index (χ2v) is 10.8. The van der Waals surface area contributed by atoms with E-state index in [4.69, 9.17) is 33.1 Å². The molecule has 0 saturated heterocycles. The molecule has 2 rings (SSSR count). The average molecular weight is 372 g/mol. The van der Waals surface area contributed by atoms with Crippen molar-refractivity contribution in [3.63, 3.8) is 0 Å². The summed E-state index contributed by atoms with van der Waals surface area (Å²) < 4.78 is 11.7. The van der Waals surface area contributed by atoms with Crippen molar-refractivity contribution in [3.8, 4) is 11.5 Å². The molecule has 2 aromatic rings. The summed E-state index contributed by atoms with van der Waals surface area (Å²) in [4.78, 5) is 0. The van der Waals surface area contributed by atoms with Gasteiger partial charge < -0.3 is 21.3 Å². The van der Waals surface area contributed by atoms with E-state index >= 15 is 0 Å². The molecule has 6 heteroatoms. The van der Waals surface area contributed by atoms with Crippen LogP contribution in [0, 0.1) is 41.5 Å². The summed E-state index contributed by atoms with van der Waals surface area (Å²) >= 11 is 10.9. The van der Waals surface area contributed by atoms with Crippen molar-refractivity contribution in [3.05, 3.63) is 57.6 Å². The molecule has 0 saturated carbocycles. The SMILES string of the molecule is Cc1cc(OP(=S)([S-])Oc2cc(C)c(C)c(C)c2)cc(C)c1C.[Li+]. The van der Waals surface area contributed by atoms with Gasteiger partial charge in [0.15, 0.2) is 5.69 Å². The molecule has 0 radical (unpaired) electrons. The Morgan fingerprint density at radius 2 is 0.958 bits per heavy atom. The minimum Gasteiger partial charge on any atom is -0.665 e. The molecule has 2 nitrogen and oxygen atoms in total. The van der Waals surface area contributed by atoms with Gasteiger partial charge in [0, 0.05) is 0 Å². The Bertz CT molecular complexity index is 696. The van der Waals surface area contributed by atoms with Crippen LogP contribution in [0.5, 0.6) is 11.5 Å². The molecule has 0 unspecified atom stereocenters. The van der Waals surface area contributed by atoms with Crippen LogP contribution in [0.15, 0.2) is 24.3 Å². The molecule has 124 valence electrons. The quantitative estimate of drug-likeness (QED) is 0.467. The van der Waals surface area contributed by atoms with E-state index in [1.54, 1.807) is 0 Å². The summed E-state index contributed by atoms with van der Waals surface area (Å²) in [6.07, 6.45) is 0. The number of rotatable bonds is 4. The van der Waals surface area contributed by atoms with E-state index in [0.29, 0.717) is 11.5 Å². The second-order valence-electron chi connectivity index (χ2n) is 5.99. The van der Waals surface area contributed by atoms with Crippen molar-refractivity contribution in [2.45, 2.75) is 41.5 Å². The van der Waals surface area contributed by atoms with Crippen LogP contribution >= 0.6 is 5.69 Å². The van der Waals surface area contributed by atoms with Gasteiger partial charge in [-0.2, -0.15) is 0 Å². The van der Waals surface area contributed by atoms with Crippen LogP contribution in [0.3, 0.4) is 0 Å². The first-order chi connectivity index (χ1) is 10.6. The molecule has 0 aromatic heterocycles. The Morgan fingerprint density at radius 1 is 0.708 bits per heavy atom. The Balaban J connectivity index is 0.00000288. The van der Waals surface area contributed by atoms with Crippen molar-refractivity contribution >= 4 is 29.7 Å². The first-order valence-corrected chi connectivity index (χ1v) is 11.1. The van der Waals surface area contributed by atoms with Crippen LogP contribution in [0.4, 0.5) is 0 Å². The van der Waals surface area contributed by atoms with Gasteiger partial charge >= 0.3 is 18.9 Å². The van der Waals surface area contributed by atoms with Crippen LogP contribution in [0.1, 0.15) is 33.4 Å². The normalized spacial score (nSPS) is 11.0. The Hall–Kier alpha value is -0.363. The second kappa shape index (κ2) is 8.34. The smallest absolute Gasteiger partial charge is 0.665 e. The van der Waals surface area contributed by atoms with Gasteiger partial charge in [0.1, 0.15) is 11.5 Å². The van der Waals surface area contributed by atoms with Gasteiger partial charge in [-0.1, -0.05) is 0 Å². The van der Waals surface area contributed by atoms with E-state index in [9.17, 15) is 0 Å². The summed E-state index contributed by atoms with van der Waals surface area (Å²) in [6.45, 7) is 12.4. The summed E-state index contributed by atoms with van der Waals surface area (Å²) in [5.74, 6) is 1.37. The monoisotopic (exact) mass is 372 g/mol. The minimum absolute atomic E-state index is 0. The van der Waals surface area contributed by atoms with E-state index < -0.39 is 5.69 Å². The molecule has 0 aliphatic carbocycles. The standard InChI is InChI=1S/C18H23O2PS2.Li/c1-11-7-17(8-12(2)15(11)5)19-21(22,23)20-18-9-13(3)16(6)14(4)10-18;/h7-10H,1-6H3,(H,22,23);/q;+1/p-1. The van der Waals surface area contributed by atoms with E-state index in [1.165, 1.54) is 11.1 Å². The van der Waals surface area contributed by atoms with Crippen molar-refractivity contribution in [1.29, 1.82) is 0 Å². The Labute approximate surface area is 167 Å². The number of hydrogen-bond acceptors (Lipinski definition) is 4. The largest absolute Gasteiger partial charge is 1.00 e. The number of hydrogen-bond donors (Lipinski definition) is 0. The van der Waals surface area contributed by atoms with Gasteiger partial charge in [0.05, 0.1) is 0 Å². The Kier molecular flexibility index (Phi) is 7.54. The maximum atomic E-state index is 5.85. The van der Waals surface area contributed by atoms with Gasteiger partial charge in [-0.05, 0) is 111 Å². The predicted octanol–water partition coefficient (Wildman–Crippen LogP) is 2.77. The molecule has 2 aromatic carbocycles. The fraction of sp³-hybridized carbons (Fsp3) is 0.333. The van der Waals surface area contributed by atoms with Crippen LogP contribution in [-0.4, -0.2) is 0 Å². The van der Waals surface area contributed by atoms with E-state index in [1.807, 2.05) is 24.3 Å². The zero-order valence-corrected chi connectivity index (χ0v) is 17.9. The van der Waals surface area contributed by atoms with Crippen molar-refractivity contribution in [1.82, 2.24) is 0 Å². The predicted molar refractivity (Wildman–Crippen MR) is 104 cm³/mol. The van der Waals surface area contributed by atoms with E-state index in [2.05, 4.69) is 41.5 Å². The third-order valence-corrected chi connectivity index (χ3v) is 6.00. The van der Waals surface area contributed by atoms with Crippen LogP contribution in [0.2, 0.25) is 0 Å². The molecule has 0 aliphatic heterocycles. The average Bonchev–Trinajstić information content (AvgIpc) is 2.41. The van der Waals surface area contributed by atoms with Crippen LogP contribution < -0.4 is 27.9 Å². The minimum atomic E-state index is -2.83. The molecule has 0 atom stereocenters. The van der Waals surface area contributed by atoms with Gasteiger partial charge in [-0.15, -0.1) is 0 Å². The molecule has 24 heavy (non-hydrogen) atoms. The molecular formula is C18H22LiO2PS2. The van der Waals surface area contributed by atoms with E-state index in [-0.39, 0.29) is 18.9 Å². The summed E-state index contributed by atoms with van der Waals surface area (Å²) in [6, 6.07) is 7.85. The van der Waals surface area contributed by atoms with E-state index in [0.717, 1.165) is 22.3 Å². The zero-order valence-electron chi connectivity index (χ0n) is 15.4. The molecule has 0 N–H and O–H groups in total. The Morgan fingerprint density at radius 3 is 1.21 bits per heavy atom. The third-order valence-electron chi connectivity index (χ3n) is 4.24. The first-order valence-electron chi connectivity index (χ1n) is 7.45. The van der Waals surface area contributed by atoms with Gasteiger partial charge in [0.2, 0.25) is 0 Å². The summed E-state index contributed by atoms with van der Waals surface area (Å²) in [7, 11) is 0. The molecule has 0 bridgehead atoms.